The van der Waals surface area contributed by atoms with Crippen molar-refractivity contribution in [1.82, 2.24) is 10.2 Å². The predicted octanol–water partition coefficient (Wildman–Crippen LogP) is 2.15. The van der Waals surface area contributed by atoms with Crippen LogP contribution >= 0.6 is 0 Å². The molecule has 2 amide bonds. The number of hydrogen-bond acceptors (Lipinski definition) is 3. The summed E-state index contributed by atoms with van der Waals surface area (Å²) >= 11 is 0. The highest BCUT2D eigenvalue weighted by Crippen LogP contribution is 2.30. The van der Waals surface area contributed by atoms with E-state index in [1.54, 1.807) is 0 Å². The number of rotatable bonds is 2. The Morgan fingerprint density at radius 1 is 1.20 bits per heavy atom. The van der Waals surface area contributed by atoms with Crippen LogP contribution in [-0.4, -0.2) is 42.5 Å². The van der Waals surface area contributed by atoms with Crippen molar-refractivity contribution in [3.63, 3.8) is 0 Å². The second-order valence-corrected chi connectivity index (χ2v) is 6.66. The van der Waals surface area contributed by atoms with Gasteiger partial charge in [-0.2, -0.15) is 0 Å². The molecule has 0 bridgehead atoms. The van der Waals surface area contributed by atoms with Gasteiger partial charge in [-0.3, -0.25) is 9.59 Å². The van der Waals surface area contributed by atoms with Crippen LogP contribution in [0.2, 0.25) is 0 Å². The van der Waals surface area contributed by atoms with Gasteiger partial charge in [0.2, 0.25) is 0 Å². The molecule has 0 aromatic carbocycles. The minimum absolute atomic E-state index is 0.0212. The van der Waals surface area contributed by atoms with E-state index in [-0.39, 0.29) is 11.8 Å². The number of carbonyl (C=O) groups is 2. The molecule has 5 nitrogen and oxygen atoms in total. The Morgan fingerprint density at radius 2 is 2.12 bits per heavy atom. The van der Waals surface area contributed by atoms with Crippen molar-refractivity contribution in [2.24, 2.45) is 0 Å². The largest absolute Gasteiger partial charge is 0.362 e. The highest BCUT2D eigenvalue weighted by atomic mass is 16.5. The van der Waals surface area contributed by atoms with E-state index in [2.05, 4.69) is 11.4 Å². The highest BCUT2D eigenvalue weighted by molar-refractivity contribution is 6.00. The monoisotopic (exact) mass is 338 g/mol. The number of nitrogens with one attached hydrogen (secondary N) is 1. The van der Waals surface area contributed by atoms with Gasteiger partial charge in [-0.1, -0.05) is 30.4 Å². The summed E-state index contributed by atoms with van der Waals surface area (Å²) in [6, 6.07) is 0. The van der Waals surface area contributed by atoms with Crippen molar-refractivity contribution in [2.45, 2.75) is 31.8 Å². The maximum atomic E-state index is 13.1. The Hall–Kier alpha value is -2.40. The van der Waals surface area contributed by atoms with E-state index >= 15 is 0 Å². The SMILES string of the molecule is O=C1NCC2=C1C=C(N1CCOC(C3=CCC=CC=C3)C1=O)CCC2. The Balaban J connectivity index is 1.60. The van der Waals surface area contributed by atoms with Crippen LogP contribution in [0, 0.1) is 0 Å². The van der Waals surface area contributed by atoms with Gasteiger partial charge in [0.25, 0.3) is 11.8 Å². The topological polar surface area (TPSA) is 58.6 Å². The predicted molar refractivity (Wildman–Crippen MR) is 94.4 cm³/mol. The molecule has 1 saturated heterocycles. The molecule has 0 spiro atoms. The van der Waals surface area contributed by atoms with E-state index < -0.39 is 6.10 Å². The lowest BCUT2D eigenvalue weighted by Crippen LogP contribution is -2.47. The Labute approximate surface area is 147 Å². The molecule has 1 N–H and O–H groups in total. The third kappa shape index (κ3) is 3.12. The molecule has 25 heavy (non-hydrogen) atoms. The summed E-state index contributed by atoms with van der Waals surface area (Å²) in [4.78, 5) is 26.9. The molecule has 1 atom stereocenters. The lowest BCUT2D eigenvalue weighted by atomic mass is 10.0. The van der Waals surface area contributed by atoms with Gasteiger partial charge in [0.15, 0.2) is 6.10 Å². The molecule has 0 aromatic rings. The minimum atomic E-state index is -0.556. The summed E-state index contributed by atoms with van der Waals surface area (Å²) in [7, 11) is 0. The van der Waals surface area contributed by atoms with Crippen LogP contribution in [0.15, 0.2) is 58.9 Å². The number of morpholine rings is 1. The van der Waals surface area contributed by atoms with Crippen molar-refractivity contribution in [3.8, 4) is 0 Å². The zero-order valence-electron chi connectivity index (χ0n) is 14.2. The first kappa shape index (κ1) is 16.1. The summed E-state index contributed by atoms with van der Waals surface area (Å²) in [5, 5.41) is 2.88. The van der Waals surface area contributed by atoms with Crippen LogP contribution in [-0.2, 0) is 14.3 Å². The molecule has 4 aliphatic rings. The van der Waals surface area contributed by atoms with Gasteiger partial charge >= 0.3 is 0 Å². The quantitative estimate of drug-likeness (QED) is 0.839. The molecule has 5 heteroatoms. The lowest BCUT2D eigenvalue weighted by molar-refractivity contribution is -0.146. The maximum Gasteiger partial charge on any atom is 0.260 e. The van der Waals surface area contributed by atoms with E-state index in [1.165, 1.54) is 0 Å². The van der Waals surface area contributed by atoms with Crippen LogP contribution in [0.1, 0.15) is 25.7 Å². The second kappa shape index (κ2) is 6.84. The van der Waals surface area contributed by atoms with Crippen molar-refractivity contribution in [3.05, 3.63) is 58.9 Å². The van der Waals surface area contributed by atoms with Gasteiger partial charge < -0.3 is 15.0 Å². The zero-order chi connectivity index (χ0) is 17.2. The lowest BCUT2D eigenvalue weighted by Gasteiger charge is -2.34. The average molecular weight is 338 g/mol. The molecule has 0 aromatic heterocycles. The fourth-order valence-corrected chi connectivity index (χ4v) is 3.76. The van der Waals surface area contributed by atoms with Crippen LogP contribution in [0.25, 0.3) is 0 Å². The Kier molecular flexibility index (Phi) is 4.40. The Morgan fingerprint density at radius 3 is 3.04 bits per heavy atom. The van der Waals surface area contributed by atoms with Crippen LogP contribution < -0.4 is 5.32 Å². The maximum absolute atomic E-state index is 13.1. The Bertz CT molecular complexity index is 755. The van der Waals surface area contributed by atoms with Gasteiger partial charge in [0.1, 0.15) is 0 Å². The number of hydrogen-bond donors (Lipinski definition) is 1. The van der Waals surface area contributed by atoms with Gasteiger partial charge in [0.05, 0.1) is 6.61 Å². The van der Waals surface area contributed by atoms with Gasteiger partial charge in [-0.05, 0) is 42.9 Å². The molecule has 2 aliphatic heterocycles. The first-order valence-electron chi connectivity index (χ1n) is 8.91. The number of amides is 2. The zero-order valence-corrected chi connectivity index (χ0v) is 14.2. The summed E-state index contributed by atoms with van der Waals surface area (Å²) in [5.74, 6) is -0.0510. The summed E-state index contributed by atoms with van der Waals surface area (Å²) in [5.41, 5.74) is 3.77. The van der Waals surface area contributed by atoms with E-state index in [0.717, 1.165) is 48.1 Å². The van der Waals surface area contributed by atoms with Crippen LogP contribution in [0.4, 0.5) is 0 Å². The first-order valence-corrected chi connectivity index (χ1v) is 8.91. The summed E-state index contributed by atoms with van der Waals surface area (Å²) < 4.78 is 5.79. The molecular weight excluding hydrogens is 316 g/mol. The fourth-order valence-electron chi connectivity index (χ4n) is 3.76. The minimum Gasteiger partial charge on any atom is -0.362 e. The first-order chi connectivity index (χ1) is 12.2. The second-order valence-electron chi connectivity index (χ2n) is 6.66. The van der Waals surface area contributed by atoms with E-state index in [4.69, 9.17) is 4.74 Å². The van der Waals surface area contributed by atoms with Gasteiger partial charge in [0, 0.05) is 24.4 Å². The molecule has 0 saturated carbocycles. The van der Waals surface area contributed by atoms with E-state index in [9.17, 15) is 9.59 Å². The molecule has 2 aliphatic carbocycles. The highest BCUT2D eigenvalue weighted by Gasteiger charge is 2.34. The van der Waals surface area contributed by atoms with Crippen molar-refractivity contribution in [2.75, 3.05) is 19.7 Å². The van der Waals surface area contributed by atoms with Gasteiger partial charge in [-0.25, -0.2) is 0 Å². The summed E-state index contributed by atoms with van der Waals surface area (Å²) in [6.45, 7) is 1.69. The summed E-state index contributed by atoms with van der Waals surface area (Å²) in [6.07, 6.45) is 14.8. The number of allylic oxidation sites excluding steroid dienone is 5. The van der Waals surface area contributed by atoms with Crippen LogP contribution in [0.3, 0.4) is 0 Å². The standard InChI is InChI=1S/C20H22N2O3/c23-19-17-12-16(9-5-8-15(17)13-21-19)22-10-11-25-18(20(22)24)14-6-3-1-2-4-7-14/h1-3,6-7,12,18H,4-5,8-11,13H2,(H,21,23). The molecular formula is C20H22N2O3. The van der Waals surface area contributed by atoms with Gasteiger partial charge in [-0.15, -0.1) is 0 Å². The van der Waals surface area contributed by atoms with Crippen LogP contribution in [0.5, 0.6) is 0 Å². The molecule has 2 heterocycles. The number of ether oxygens (including phenoxy) is 1. The van der Waals surface area contributed by atoms with Crippen molar-refractivity contribution in [1.29, 1.82) is 0 Å². The normalized spacial score (nSPS) is 26.7. The fraction of sp³-hybridized carbons (Fsp3) is 0.400. The average Bonchev–Trinajstić information content (AvgIpc) is 2.84. The third-order valence-electron chi connectivity index (χ3n) is 5.07. The molecule has 4 rings (SSSR count). The van der Waals surface area contributed by atoms with E-state index in [1.807, 2.05) is 35.3 Å². The van der Waals surface area contributed by atoms with Crippen molar-refractivity contribution >= 4 is 11.8 Å². The molecule has 1 unspecified atom stereocenters. The van der Waals surface area contributed by atoms with E-state index in [0.29, 0.717) is 19.7 Å². The van der Waals surface area contributed by atoms with Crippen molar-refractivity contribution < 1.29 is 14.3 Å². The molecule has 0 radical (unpaired) electrons. The number of nitrogens with zero attached hydrogens (tertiary/aromatic N) is 1. The third-order valence-corrected chi connectivity index (χ3v) is 5.07. The molecule has 130 valence electrons. The smallest absolute Gasteiger partial charge is 0.260 e. The molecule has 1 fully saturated rings. The number of carbonyl (C=O) groups excluding carboxylic acids is 2.